The molecule has 1 fully saturated rings. The van der Waals surface area contributed by atoms with Gasteiger partial charge in [0.15, 0.2) is 0 Å². The highest BCUT2D eigenvalue weighted by atomic mass is 15.0. The first-order valence-corrected chi connectivity index (χ1v) is 7.35. The highest BCUT2D eigenvalue weighted by Crippen LogP contribution is 2.37. The van der Waals surface area contributed by atoms with E-state index >= 15 is 0 Å². The molecule has 1 aromatic carbocycles. The fraction of sp³-hybridized carbons (Fsp3) is 0.412. The molecular formula is C17H21N3. The number of aryl methyl sites for hydroxylation is 2. The number of nitrogens with zero attached hydrogens (tertiary/aromatic N) is 2. The number of hydrogen-bond acceptors (Lipinski definition) is 3. The van der Waals surface area contributed by atoms with Crippen molar-refractivity contribution in [3.05, 3.63) is 53.0 Å². The smallest absolute Gasteiger partial charge is 0.133 e. The maximum atomic E-state index is 4.58. The summed E-state index contributed by atoms with van der Waals surface area (Å²) < 4.78 is 0. The summed E-state index contributed by atoms with van der Waals surface area (Å²) in [5.74, 6) is 2.56. The van der Waals surface area contributed by atoms with Crippen LogP contribution in [-0.2, 0) is 6.42 Å². The van der Waals surface area contributed by atoms with Crippen LogP contribution in [0.4, 0.5) is 5.82 Å². The Balaban J connectivity index is 1.58. The summed E-state index contributed by atoms with van der Waals surface area (Å²) in [6, 6.07) is 8.60. The van der Waals surface area contributed by atoms with Gasteiger partial charge >= 0.3 is 0 Å². The number of hydrogen-bond donors (Lipinski definition) is 1. The maximum Gasteiger partial charge on any atom is 0.133 e. The predicted octanol–water partition coefficient (Wildman–Crippen LogP) is 3.63. The molecule has 104 valence electrons. The minimum absolute atomic E-state index is 0.607. The average molecular weight is 267 g/mol. The van der Waals surface area contributed by atoms with Gasteiger partial charge in [-0.1, -0.05) is 23.8 Å². The van der Waals surface area contributed by atoms with Gasteiger partial charge in [0.25, 0.3) is 0 Å². The van der Waals surface area contributed by atoms with Gasteiger partial charge in [-0.15, -0.1) is 0 Å². The number of rotatable bonds is 5. The third-order valence-electron chi connectivity index (χ3n) is 3.82. The summed E-state index contributed by atoms with van der Waals surface area (Å²) in [4.78, 5) is 8.92. The van der Waals surface area contributed by atoms with Gasteiger partial charge in [0.2, 0.25) is 0 Å². The second-order valence-electron chi connectivity index (χ2n) is 5.68. The van der Waals surface area contributed by atoms with Crippen LogP contribution in [0.1, 0.15) is 41.3 Å². The van der Waals surface area contributed by atoms with Crippen molar-refractivity contribution >= 4 is 5.82 Å². The molecule has 0 amide bonds. The first kappa shape index (κ1) is 13.1. The molecule has 1 heterocycles. The molecule has 20 heavy (non-hydrogen) atoms. The van der Waals surface area contributed by atoms with Gasteiger partial charge in [-0.3, -0.25) is 0 Å². The molecule has 1 aromatic heterocycles. The summed E-state index contributed by atoms with van der Waals surface area (Å²) in [6.07, 6.45) is 5.37. The summed E-state index contributed by atoms with van der Waals surface area (Å²) in [7, 11) is 0. The lowest BCUT2D eigenvalue weighted by Gasteiger charge is -2.09. The molecule has 1 aliphatic carbocycles. The van der Waals surface area contributed by atoms with Crippen molar-refractivity contribution < 1.29 is 0 Å². The lowest BCUT2D eigenvalue weighted by Crippen LogP contribution is -2.08. The summed E-state index contributed by atoms with van der Waals surface area (Å²) in [5, 5.41) is 3.41. The second kappa shape index (κ2) is 5.61. The van der Waals surface area contributed by atoms with Gasteiger partial charge in [0.1, 0.15) is 11.6 Å². The van der Waals surface area contributed by atoms with Crippen LogP contribution in [0.2, 0.25) is 0 Å². The quantitative estimate of drug-likeness (QED) is 0.899. The highest BCUT2D eigenvalue weighted by molar-refractivity contribution is 5.35. The molecule has 3 rings (SSSR count). The molecule has 3 heteroatoms. The zero-order valence-corrected chi connectivity index (χ0v) is 12.2. The zero-order valence-electron chi connectivity index (χ0n) is 12.2. The molecule has 0 aliphatic heterocycles. The Hall–Kier alpha value is -1.90. The monoisotopic (exact) mass is 267 g/mol. The second-order valence-corrected chi connectivity index (χ2v) is 5.68. The minimum Gasteiger partial charge on any atom is -0.370 e. The van der Waals surface area contributed by atoms with Crippen molar-refractivity contribution in [1.82, 2.24) is 9.97 Å². The number of benzene rings is 1. The SMILES string of the molecule is Cc1ccc(CCNc2ccnc(C3CC3)n2)c(C)c1. The minimum atomic E-state index is 0.607. The Labute approximate surface area is 120 Å². The van der Waals surface area contributed by atoms with Crippen LogP contribution in [0.25, 0.3) is 0 Å². The molecule has 0 atom stereocenters. The van der Waals surface area contributed by atoms with E-state index in [1.54, 1.807) is 0 Å². The van der Waals surface area contributed by atoms with E-state index in [2.05, 4.69) is 47.3 Å². The normalized spacial score (nSPS) is 14.3. The summed E-state index contributed by atoms with van der Waals surface area (Å²) in [6.45, 7) is 5.22. The molecule has 0 spiro atoms. The number of aromatic nitrogens is 2. The van der Waals surface area contributed by atoms with E-state index in [0.717, 1.165) is 24.6 Å². The third kappa shape index (κ3) is 3.16. The zero-order chi connectivity index (χ0) is 13.9. The Bertz CT molecular complexity index is 603. The van der Waals surface area contributed by atoms with Crippen LogP contribution in [0, 0.1) is 13.8 Å². The van der Waals surface area contributed by atoms with E-state index in [4.69, 9.17) is 0 Å². The van der Waals surface area contributed by atoms with Gasteiger partial charge in [0, 0.05) is 18.7 Å². The van der Waals surface area contributed by atoms with E-state index in [1.807, 2.05) is 12.3 Å². The number of anilines is 1. The first-order chi connectivity index (χ1) is 9.72. The van der Waals surface area contributed by atoms with Crippen molar-refractivity contribution in [3.8, 4) is 0 Å². The van der Waals surface area contributed by atoms with Gasteiger partial charge in [-0.25, -0.2) is 9.97 Å². The van der Waals surface area contributed by atoms with Crippen molar-refractivity contribution in [2.45, 2.75) is 39.0 Å². The fourth-order valence-electron chi connectivity index (χ4n) is 2.46. The Kier molecular flexibility index (Phi) is 3.68. The van der Waals surface area contributed by atoms with E-state index in [1.165, 1.54) is 29.5 Å². The number of nitrogens with one attached hydrogen (secondary N) is 1. The molecular weight excluding hydrogens is 246 g/mol. The van der Waals surface area contributed by atoms with E-state index in [0.29, 0.717) is 5.92 Å². The molecule has 1 aliphatic rings. The molecule has 0 bridgehead atoms. The summed E-state index contributed by atoms with van der Waals surface area (Å²) >= 11 is 0. The fourth-order valence-corrected chi connectivity index (χ4v) is 2.46. The first-order valence-electron chi connectivity index (χ1n) is 7.35. The summed E-state index contributed by atoms with van der Waals surface area (Å²) in [5.41, 5.74) is 4.09. The van der Waals surface area contributed by atoms with Crippen LogP contribution in [0.3, 0.4) is 0 Å². The molecule has 2 aromatic rings. The van der Waals surface area contributed by atoms with Crippen molar-refractivity contribution in [3.63, 3.8) is 0 Å². The Morgan fingerprint density at radius 2 is 2.05 bits per heavy atom. The molecule has 0 unspecified atom stereocenters. The molecule has 1 saturated carbocycles. The highest BCUT2D eigenvalue weighted by Gasteiger charge is 2.26. The lowest BCUT2D eigenvalue weighted by molar-refractivity contribution is 0.913. The van der Waals surface area contributed by atoms with Crippen LogP contribution < -0.4 is 5.32 Å². The average Bonchev–Trinajstić information content (AvgIpc) is 3.26. The molecule has 0 saturated heterocycles. The van der Waals surface area contributed by atoms with E-state index in [9.17, 15) is 0 Å². The van der Waals surface area contributed by atoms with Crippen molar-refractivity contribution in [2.75, 3.05) is 11.9 Å². The van der Waals surface area contributed by atoms with Gasteiger partial charge in [0.05, 0.1) is 0 Å². The molecule has 0 radical (unpaired) electrons. The van der Waals surface area contributed by atoms with E-state index in [-0.39, 0.29) is 0 Å². The van der Waals surface area contributed by atoms with Crippen LogP contribution >= 0.6 is 0 Å². The topological polar surface area (TPSA) is 37.8 Å². The predicted molar refractivity (Wildman–Crippen MR) is 82.1 cm³/mol. The van der Waals surface area contributed by atoms with Gasteiger partial charge in [-0.2, -0.15) is 0 Å². The molecule has 3 nitrogen and oxygen atoms in total. The maximum absolute atomic E-state index is 4.58. The van der Waals surface area contributed by atoms with Crippen molar-refractivity contribution in [2.24, 2.45) is 0 Å². The largest absolute Gasteiger partial charge is 0.370 e. The Morgan fingerprint density at radius 3 is 2.80 bits per heavy atom. The standard InChI is InChI=1S/C17H21N3/c1-12-3-4-14(13(2)11-12)7-9-18-16-8-10-19-17(20-16)15-5-6-15/h3-4,8,10-11,15H,5-7,9H2,1-2H3,(H,18,19,20). The van der Waals surface area contributed by atoms with E-state index < -0.39 is 0 Å². The van der Waals surface area contributed by atoms with Gasteiger partial charge in [-0.05, 0) is 50.3 Å². The van der Waals surface area contributed by atoms with Gasteiger partial charge < -0.3 is 5.32 Å². The Morgan fingerprint density at radius 1 is 1.20 bits per heavy atom. The van der Waals surface area contributed by atoms with Crippen LogP contribution in [0.15, 0.2) is 30.5 Å². The van der Waals surface area contributed by atoms with Crippen molar-refractivity contribution in [1.29, 1.82) is 0 Å². The van der Waals surface area contributed by atoms with Crippen LogP contribution in [-0.4, -0.2) is 16.5 Å². The lowest BCUT2D eigenvalue weighted by atomic mass is 10.0. The van der Waals surface area contributed by atoms with Crippen LogP contribution in [0.5, 0.6) is 0 Å². The molecule has 1 N–H and O–H groups in total. The third-order valence-corrected chi connectivity index (χ3v) is 3.82.